The van der Waals surface area contributed by atoms with Crippen molar-refractivity contribution >= 4 is 20.2 Å². The zero-order chi connectivity index (χ0) is 51.4. The number of amides is 1. The summed E-state index contributed by atoms with van der Waals surface area (Å²) in [5, 5.41) is -0.114. The van der Waals surface area contributed by atoms with Gasteiger partial charge in [0.2, 0.25) is 5.91 Å². The molecule has 0 bridgehead atoms. The quantitative estimate of drug-likeness (QED) is 0.0473. The molecule has 392 valence electrons. The van der Waals surface area contributed by atoms with E-state index < -0.39 is 91.1 Å². The van der Waals surface area contributed by atoms with Crippen molar-refractivity contribution in [3.63, 3.8) is 0 Å². The fraction of sp³-hybridized carbons (Fsp3) is 0.548. The molecule has 7 fully saturated rings. The number of nitrogens with zero attached hydrogens (tertiary/aromatic N) is 1. The van der Waals surface area contributed by atoms with Crippen LogP contribution in [0.3, 0.4) is 0 Å². The third kappa shape index (κ3) is 7.81. The van der Waals surface area contributed by atoms with Crippen LogP contribution >= 0.6 is 0 Å². The molecule has 12 rings (SSSR count). The van der Waals surface area contributed by atoms with Gasteiger partial charge >= 0.3 is 5.97 Å². The van der Waals surface area contributed by atoms with Crippen molar-refractivity contribution < 1.29 is 47.2 Å². The second-order valence-corrected chi connectivity index (χ2v) is 29.7. The first kappa shape index (κ1) is 50.3. The Kier molecular flexibility index (Phi) is 12.7. The fourth-order valence-corrected chi connectivity index (χ4v) is 16.7. The molecule has 8 aliphatic rings. The Morgan fingerprint density at radius 2 is 1.43 bits per heavy atom. The Morgan fingerprint density at radius 1 is 0.797 bits per heavy atom. The lowest BCUT2D eigenvalue weighted by Crippen LogP contribution is -2.79. The van der Waals surface area contributed by atoms with Crippen molar-refractivity contribution in [1.82, 2.24) is 4.90 Å². The van der Waals surface area contributed by atoms with Gasteiger partial charge in [-0.3, -0.25) is 4.79 Å². The summed E-state index contributed by atoms with van der Waals surface area (Å²) in [6.45, 7) is 19.4. The van der Waals surface area contributed by atoms with Crippen molar-refractivity contribution in [2.45, 2.75) is 158 Å². The minimum absolute atomic E-state index is 0.104. The molecule has 11 nitrogen and oxygen atoms in total. The van der Waals surface area contributed by atoms with Crippen LogP contribution in [-0.2, 0) is 49.0 Å². The summed E-state index contributed by atoms with van der Waals surface area (Å²) in [4.78, 5) is 33.7. The van der Waals surface area contributed by atoms with Crippen LogP contribution in [0.5, 0.6) is 0 Å². The first-order valence-electron chi connectivity index (χ1n) is 27.4. The van der Waals surface area contributed by atoms with E-state index in [1.807, 2.05) is 84.9 Å². The lowest BCUT2D eigenvalue weighted by atomic mass is 9.50. The van der Waals surface area contributed by atoms with Gasteiger partial charge < -0.3 is 42.5 Å². The van der Waals surface area contributed by atoms with Gasteiger partial charge in [-0.15, -0.1) is 0 Å². The molecule has 3 saturated carbocycles. The molecule has 17 atom stereocenters. The van der Waals surface area contributed by atoms with E-state index in [2.05, 4.69) is 108 Å². The number of fused-ring (bicyclic) bond motifs is 7. The number of rotatable bonds is 11. The summed E-state index contributed by atoms with van der Waals surface area (Å²) < 4.78 is 58.6. The van der Waals surface area contributed by atoms with Crippen LogP contribution in [0.25, 0.3) is 0 Å². The third-order valence-electron chi connectivity index (χ3n) is 20.0. The number of ether oxygens (including phenoxy) is 7. The third-order valence-corrected chi connectivity index (χ3v) is 24.4. The number of carbonyl (C=O) groups is 2. The molecule has 1 amide bonds. The SMILES string of the molecule is C[C@H]1CC[C@@H]2N(C1)C(=O)[C@@H]1[C@@H]3[C@@H](O[C@H](c4ccccc4)O[C@@]32C)[C@@H]2O[C@H](c3ccccc3)O[C@]23[C@H]1C[C@@]1(OC(=O)c2ccccc2)[C@H]3C=C[C@@H]2[C@@H](O[Si](C)(C)C(C)(C)C)[C@@H](OCOCc3ccccc3)CC[C@@]21C. The summed E-state index contributed by atoms with van der Waals surface area (Å²) in [5.74, 6) is -2.28. The van der Waals surface area contributed by atoms with Gasteiger partial charge in [-0.25, -0.2) is 4.79 Å². The van der Waals surface area contributed by atoms with Gasteiger partial charge in [0.15, 0.2) is 20.9 Å². The van der Waals surface area contributed by atoms with Crippen LogP contribution in [0.15, 0.2) is 133 Å². The first-order valence-corrected chi connectivity index (χ1v) is 30.3. The molecular formula is C62H75NO10Si. The highest BCUT2D eigenvalue weighted by Gasteiger charge is 2.84. The Morgan fingerprint density at radius 3 is 2.09 bits per heavy atom. The molecule has 0 unspecified atom stereocenters. The summed E-state index contributed by atoms with van der Waals surface area (Å²) in [6.07, 6.45) is 4.53. The number of carbonyl (C=O) groups excluding carboxylic acids is 2. The molecule has 4 aliphatic carbocycles. The second kappa shape index (κ2) is 18.6. The van der Waals surface area contributed by atoms with Gasteiger partial charge in [-0.2, -0.15) is 0 Å². The molecule has 4 aromatic carbocycles. The maximum atomic E-state index is 16.2. The highest BCUT2D eigenvalue weighted by molar-refractivity contribution is 6.74. The van der Waals surface area contributed by atoms with Gasteiger partial charge in [-0.1, -0.05) is 156 Å². The predicted molar refractivity (Wildman–Crippen MR) is 281 cm³/mol. The lowest BCUT2D eigenvalue weighted by molar-refractivity contribution is -0.371. The van der Waals surface area contributed by atoms with Gasteiger partial charge in [0.05, 0.1) is 48.0 Å². The van der Waals surface area contributed by atoms with Crippen LogP contribution in [0.4, 0.5) is 0 Å². The molecule has 4 heterocycles. The van der Waals surface area contributed by atoms with Crippen molar-refractivity contribution in [2.24, 2.45) is 40.9 Å². The fourth-order valence-electron chi connectivity index (χ4n) is 15.3. The van der Waals surface area contributed by atoms with Crippen molar-refractivity contribution in [3.8, 4) is 0 Å². The molecule has 4 aliphatic heterocycles. The van der Waals surface area contributed by atoms with Crippen LogP contribution < -0.4 is 0 Å². The first-order chi connectivity index (χ1) is 35.5. The predicted octanol–water partition coefficient (Wildman–Crippen LogP) is 11.8. The van der Waals surface area contributed by atoms with Crippen LogP contribution in [0, 0.1) is 40.9 Å². The van der Waals surface area contributed by atoms with Crippen molar-refractivity contribution in [2.75, 3.05) is 13.3 Å². The van der Waals surface area contributed by atoms with Gasteiger partial charge in [0.25, 0.3) is 0 Å². The van der Waals surface area contributed by atoms with Crippen LogP contribution in [-0.4, -0.2) is 85.7 Å². The van der Waals surface area contributed by atoms with Gasteiger partial charge in [0, 0.05) is 46.8 Å². The molecule has 4 saturated heterocycles. The molecule has 1 spiro atoms. The zero-order valence-electron chi connectivity index (χ0n) is 44.4. The Bertz CT molecular complexity index is 2720. The highest BCUT2D eigenvalue weighted by Crippen LogP contribution is 2.75. The molecule has 0 N–H and O–H groups in total. The molecular weight excluding hydrogens is 947 g/mol. The number of hydrogen-bond donors (Lipinski definition) is 0. The van der Waals surface area contributed by atoms with Gasteiger partial charge in [0.1, 0.15) is 24.1 Å². The van der Waals surface area contributed by atoms with E-state index in [0.29, 0.717) is 43.9 Å². The second-order valence-electron chi connectivity index (χ2n) is 25.0. The topological polar surface area (TPSA) is 111 Å². The maximum absolute atomic E-state index is 16.2. The Hall–Kier alpha value is -4.50. The van der Waals surface area contributed by atoms with E-state index in [-0.39, 0.29) is 35.8 Å². The summed E-state index contributed by atoms with van der Waals surface area (Å²) >= 11 is 0. The molecule has 12 heteroatoms. The summed E-state index contributed by atoms with van der Waals surface area (Å²) in [5.41, 5.74) is -0.648. The van der Waals surface area contributed by atoms with E-state index in [4.69, 9.17) is 37.6 Å². The monoisotopic (exact) mass is 1020 g/mol. The van der Waals surface area contributed by atoms with Crippen LogP contribution in [0.1, 0.15) is 113 Å². The molecule has 0 aromatic heterocycles. The molecule has 74 heavy (non-hydrogen) atoms. The standard InChI is InChI=1S/C62H75NO10Si/c1-39-29-32-48-60(6)50-49(54(64)63(48)36-39)45-35-61(70-55(65)41-23-15-10-16-24-41)47(62(45)53(69-57(72-62)43-27-19-12-20-28-43)52(50)68-56(71-60)42-25-17-11-18-26-42)31-30-44-51(73-74(7,8)58(2,3)4)46(33-34-59(44,61)5)67-38-66-37-40-21-13-9-14-22-40/h9-28,30-31,39,44-53,56-57H,29,32-38H2,1-8H3/t39-,44+,45-,46-,47+,48-,49-,50+,51+,52+,53-,56-,57-,59-,60+,61+,62-/m0/s1. The van der Waals surface area contributed by atoms with E-state index in [1.165, 1.54) is 0 Å². The maximum Gasteiger partial charge on any atom is 0.338 e. The van der Waals surface area contributed by atoms with E-state index in [0.717, 1.165) is 29.5 Å². The van der Waals surface area contributed by atoms with E-state index in [9.17, 15) is 0 Å². The number of benzene rings is 4. The van der Waals surface area contributed by atoms with Crippen molar-refractivity contribution in [3.05, 3.63) is 156 Å². The minimum Gasteiger partial charge on any atom is -0.454 e. The minimum atomic E-state index is -2.49. The van der Waals surface area contributed by atoms with E-state index >= 15 is 9.59 Å². The Labute approximate surface area is 438 Å². The zero-order valence-corrected chi connectivity index (χ0v) is 45.4. The average Bonchev–Trinajstić information content (AvgIpc) is 4.04. The van der Waals surface area contributed by atoms with Crippen LogP contribution in [0.2, 0.25) is 18.1 Å². The smallest absolute Gasteiger partial charge is 0.338 e. The van der Waals surface area contributed by atoms with Crippen molar-refractivity contribution in [1.29, 1.82) is 0 Å². The molecule has 4 aromatic rings. The largest absolute Gasteiger partial charge is 0.454 e. The molecule has 0 radical (unpaired) electrons. The lowest BCUT2D eigenvalue weighted by Gasteiger charge is -2.66. The Balaban J connectivity index is 1.03. The summed E-state index contributed by atoms with van der Waals surface area (Å²) in [7, 11) is -2.49. The normalized spacial score (nSPS) is 40.0. The number of piperidine rings is 2. The van der Waals surface area contributed by atoms with Gasteiger partial charge in [-0.05, 0) is 80.8 Å². The number of esters is 1. The highest BCUT2D eigenvalue weighted by atomic mass is 28.4. The summed E-state index contributed by atoms with van der Waals surface area (Å²) in [6, 6.07) is 39.6. The average molecular weight is 1020 g/mol. The van der Waals surface area contributed by atoms with E-state index in [1.54, 1.807) is 0 Å². The number of hydrogen-bond acceptors (Lipinski definition) is 10.